The minimum atomic E-state index is -0.246. The zero-order chi connectivity index (χ0) is 16.9. The normalized spacial score (nSPS) is 11.2. The number of carbonyl (C=O) groups is 1. The lowest BCUT2D eigenvalue weighted by atomic mass is 10.1. The molecule has 0 fully saturated rings. The number of aromatic nitrogens is 2. The van der Waals surface area contributed by atoms with Crippen LogP contribution in [0, 0.1) is 0 Å². The zero-order valence-electron chi connectivity index (χ0n) is 12.8. The van der Waals surface area contributed by atoms with Crippen molar-refractivity contribution in [2.24, 2.45) is 0 Å². The molecule has 24 heavy (non-hydrogen) atoms. The number of rotatable bonds is 5. The number of fused-ring (bicyclic) bond motifs is 1. The van der Waals surface area contributed by atoms with E-state index in [2.05, 4.69) is 10.3 Å². The Balaban J connectivity index is 1.70. The molecule has 0 unspecified atom stereocenters. The minimum Gasteiger partial charge on any atom is -0.392 e. The van der Waals surface area contributed by atoms with Gasteiger partial charge in [0, 0.05) is 18.8 Å². The van der Waals surface area contributed by atoms with Crippen molar-refractivity contribution in [2.75, 3.05) is 0 Å². The van der Waals surface area contributed by atoms with Crippen molar-refractivity contribution in [3.63, 3.8) is 0 Å². The van der Waals surface area contributed by atoms with Gasteiger partial charge in [0.15, 0.2) is 5.15 Å². The average Bonchev–Trinajstić information content (AvgIpc) is 2.93. The molecular weight excluding hydrogens is 326 g/mol. The summed E-state index contributed by atoms with van der Waals surface area (Å²) in [6.45, 7) is 0.292. The summed E-state index contributed by atoms with van der Waals surface area (Å²) in [4.78, 5) is 16.3. The van der Waals surface area contributed by atoms with Crippen LogP contribution in [0.5, 0.6) is 0 Å². The lowest BCUT2D eigenvalue weighted by Crippen LogP contribution is -2.21. The number of aliphatic hydroxyl groups excluding tert-OH is 1. The highest BCUT2D eigenvalue weighted by atomic mass is 35.5. The topological polar surface area (TPSA) is 66.6 Å². The van der Waals surface area contributed by atoms with E-state index in [0.717, 1.165) is 16.8 Å². The van der Waals surface area contributed by atoms with E-state index in [1.165, 1.54) is 6.08 Å². The third kappa shape index (κ3) is 3.48. The summed E-state index contributed by atoms with van der Waals surface area (Å²) < 4.78 is 1.81. The molecule has 0 bridgehead atoms. The molecule has 0 saturated carbocycles. The van der Waals surface area contributed by atoms with Crippen LogP contribution < -0.4 is 5.32 Å². The summed E-state index contributed by atoms with van der Waals surface area (Å²) >= 11 is 6.12. The Bertz CT molecular complexity index is 902. The molecule has 0 aliphatic carbocycles. The summed E-state index contributed by atoms with van der Waals surface area (Å²) in [5.74, 6) is -0.246. The van der Waals surface area contributed by atoms with E-state index < -0.39 is 0 Å². The monoisotopic (exact) mass is 341 g/mol. The zero-order valence-corrected chi connectivity index (χ0v) is 13.6. The van der Waals surface area contributed by atoms with Crippen LogP contribution >= 0.6 is 11.6 Å². The van der Waals surface area contributed by atoms with E-state index >= 15 is 0 Å². The second-order valence-electron chi connectivity index (χ2n) is 5.19. The van der Waals surface area contributed by atoms with Crippen LogP contribution in [0.4, 0.5) is 0 Å². The van der Waals surface area contributed by atoms with E-state index in [9.17, 15) is 9.90 Å². The average molecular weight is 342 g/mol. The first-order valence-corrected chi connectivity index (χ1v) is 7.83. The molecule has 0 aliphatic heterocycles. The molecule has 2 aromatic heterocycles. The number of benzene rings is 1. The van der Waals surface area contributed by atoms with Gasteiger partial charge in [-0.1, -0.05) is 41.9 Å². The molecule has 1 amide bonds. The summed E-state index contributed by atoms with van der Waals surface area (Å²) in [5.41, 5.74) is 3.05. The molecule has 0 radical (unpaired) electrons. The summed E-state index contributed by atoms with van der Waals surface area (Å²) in [6, 6.07) is 13.0. The van der Waals surface area contributed by atoms with Gasteiger partial charge >= 0.3 is 0 Å². The number of imidazole rings is 1. The van der Waals surface area contributed by atoms with Gasteiger partial charge in [0.1, 0.15) is 5.65 Å². The molecule has 0 atom stereocenters. The lowest BCUT2D eigenvalue weighted by molar-refractivity contribution is -0.116. The molecule has 2 N–H and O–H groups in total. The molecule has 5 nitrogen and oxygen atoms in total. The number of pyridine rings is 1. The van der Waals surface area contributed by atoms with Crippen molar-refractivity contribution in [3.05, 3.63) is 76.7 Å². The second kappa shape index (κ2) is 7.29. The predicted molar refractivity (Wildman–Crippen MR) is 93.4 cm³/mol. The molecule has 0 saturated heterocycles. The van der Waals surface area contributed by atoms with Crippen molar-refractivity contribution in [1.29, 1.82) is 0 Å². The van der Waals surface area contributed by atoms with Crippen LogP contribution in [-0.4, -0.2) is 20.4 Å². The van der Waals surface area contributed by atoms with Crippen molar-refractivity contribution >= 4 is 29.2 Å². The van der Waals surface area contributed by atoms with Crippen LogP contribution in [0.2, 0.25) is 5.15 Å². The van der Waals surface area contributed by atoms with Crippen LogP contribution in [0.15, 0.2) is 54.7 Å². The fourth-order valence-corrected chi connectivity index (χ4v) is 2.66. The van der Waals surface area contributed by atoms with E-state index in [1.807, 2.05) is 53.1 Å². The molecule has 1 aromatic carbocycles. The van der Waals surface area contributed by atoms with Crippen LogP contribution in [0.1, 0.15) is 16.8 Å². The Morgan fingerprint density at radius 2 is 1.96 bits per heavy atom. The van der Waals surface area contributed by atoms with Crippen molar-refractivity contribution in [1.82, 2.24) is 14.7 Å². The fraction of sp³-hybridized carbons (Fsp3) is 0.111. The molecule has 0 aliphatic rings. The molecular formula is C18H16ClN3O2. The summed E-state index contributed by atoms with van der Waals surface area (Å²) in [6.07, 6.45) is 4.89. The summed E-state index contributed by atoms with van der Waals surface area (Å²) in [5, 5.41) is 12.4. The molecule has 2 heterocycles. The standard InChI is InChI=1S/C18H16ClN3O2/c19-18-15(22-10-4-3-7-16(22)21-18)8-9-17(24)20-11-13-5-1-2-6-14(13)12-23/h1-10,23H,11-12H2,(H,20,24)/b9-8+. The first-order chi connectivity index (χ1) is 11.7. The SMILES string of the molecule is O=C(/C=C/c1c(Cl)nc2ccccn12)NCc1ccccc1CO. The third-order valence-electron chi connectivity index (χ3n) is 3.66. The van der Waals surface area contributed by atoms with Gasteiger partial charge in [-0.25, -0.2) is 4.98 Å². The minimum absolute atomic E-state index is 0.0562. The quantitative estimate of drug-likeness (QED) is 0.701. The molecule has 0 spiro atoms. The van der Waals surface area contributed by atoms with Gasteiger partial charge in [-0.2, -0.15) is 0 Å². The molecule has 122 valence electrons. The second-order valence-corrected chi connectivity index (χ2v) is 5.55. The number of amides is 1. The number of nitrogens with zero attached hydrogens (tertiary/aromatic N) is 2. The van der Waals surface area contributed by atoms with Crippen molar-refractivity contribution in [2.45, 2.75) is 13.2 Å². The number of hydrogen-bond donors (Lipinski definition) is 2. The summed E-state index contributed by atoms with van der Waals surface area (Å²) in [7, 11) is 0. The number of halogens is 1. The highest BCUT2D eigenvalue weighted by Gasteiger charge is 2.07. The Labute approximate surface area is 144 Å². The van der Waals surface area contributed by atoms with Crippen LogP contribution in [0.3, 0.4) is 0 Å². The maximum absolute atomic E-state index is 12.0. The van der Waals surface area contributed by atoms with Gasteiger partial charge in [-0.3, -0.25) is 9.20 Å². The lowest BCUT2D eigenvalue weighted by Gasteiger charge is -2.07. The van der Waals surface area contributed by atoms with Gasteiger partial charge in [0.05, 0.1) is 12.3 Å². The smallest absolute Gasteiger partial charge is 0.244 e. The van der Waals surface area contributed by atoms with Gasteiger partial charge < -0.3 is 10.4 Å². The molecule has 3 rings (SSSR count). The fourth-order valence-electron chi connectivity index (χ4n) is 2.42. The Morgan fingerprint density at radius 3 is 2.75 bits per heavy atom. The van der Waals surface area contributed by atoms with Crippen LogP contribution in [-0.2, 0) is 17.9 Å². The highest BCUT2D eigenvalue weighted by molar-refractivity contribution is 6.31. The largest absolute Gasteiger partial charge is 0.392 e. The maximum Gasteiger partial charge on any atom is 0.244 e. The van der Waals surface area contributed by atoms with Gasteiger partial charge in [-0.15, -0.1) is 0 Å². The first-order valence-electron chi connectivity index (χ1n) is 7.45. The van der Waals surface area contributed by atoms with Crippen LogP contribution in [0.25, 0.3) is 11.7 Å². The Hall–Kier alpha value is -2.63. The first kappa shape index (κ1) is 16.2. The number of nitrogens with one attached hydrogen (secondary N) is 1. The maximum atomic E-state index is 12.0. The van der Waals surface area contributed by atoms with E-state index in [4.69, 9.17) is 11.6 Å². The number of aliphatic hydroxyl groups is 1. The molecule has 6 heteroatoms. The van der Waals surface area contributed by atoms with Gasteiger partial charge in [0.2, 0.25) is 5.91 Å². The Kier molecular flexibility index (Phi) is 4.93. The van der Waals surface area contributed by atoms with E-state index in [-0.39, 0.29) is 12.5 Å². The number of hydrogen-bond acceptors (Lipinski definition) is 3. The Morgan fingerprint density at radius 1 is 1.21 bits per heavy atom. The van der Waals surface area contributed by atoms with Crippen molar-refractivity contribution < 1.29 is 9.90 Å². The van der Waals surface area contributed by atoms with E-state index in [1.54, 1.807) is 6.08 Å². The highest BCUT2D eigenvalue weighted by Crippen LogP contribution is 2.18. The predicted octanol–water partition coefficient (Wildman–Crippen LogP) is 2.81. The third-order valence-corrected chi connectivity index (χ3v) is 3.93. The van der Waals surface area contributed by atoms with E-state index in [0.29, 0.717) is 17.4 Å². The van der Waals surface area contributed by atoms with Gasteiger partial charge in [-0.05, 0) is 29.3 Å². The van der Waals surface area contributed by atoms with Crippen molar-refractivity contribution in [3.8, 4) is 0 Å². The number of carbonyl (C=O) groups excluding carboxylic acids is 1. The molecule has 3 aromatic rings. The van der Waals surface area contributed by atoms with Gasteiger partial charge in [0.25, 0.3) is 0 Å².